The molecule has 3 aromatic carbocycles. The van der Waals surface area contributed by atoms with Crippen LogP contribution in [0.4, 0.5) is 30.2 Å². The van der Waals surface area contributed by atoms with Crippen LogP contribution in [0.15, 0.2) is 54.6 Å². The molecule has 0 aliphatic carbocycles. The molecule has 0 amide bonds. The van der Waals surface area contributed by atoms with Crippen molar-refractivity contribution in [2.75, 3.05) is 11.1 Å². The number of halogens is 3. The van der Waals surface area contributed by atoms with Gasteiger partial charge in [0, 0.05) is 6.07 Å². The Morgan fingerprint density at radius 3 is 2.25 bits per heavy atom. The Labute approximate surface area is 163 Å². The largest absolute Gasteiger partial charge is 0.487 e. The molecule has 3 nitrogen and oxygen atoms in total. The summed E-state index contributed by atoms with van der Waals surface area (Å²) in [6.07, 6.45) is 0. The molecule has 0 radical (unpaired) electrons. The van der Waals surface area contributed by atoms with Crippen molar-refractivity contribution < 1.29 is 17.9 Å². The average molecular weight is 388 g/mol. The average Bonchev–Trinajstić information content (AvgIpc) is 2.71. The van der Waals surface area contributed by atoms with E-state index in [-0.39, 0.29) is 29.4 Å². The molecule has 3 N–H and O–H groups in total. The van der Waals surface area contributed by atoms with Gasteiger partial charge in [-0.3, -0.25) is 0 Å². The normalized spacial score (nSPS) is 10.1. The highest BCUT2D eigenvalue weighted by molar-refractivity contribution is 5.78. The van der Waals surface area contributed by atoms with Crippen LogP contribution >= 0.6 is 0 Å². The van der Waals surface area contributed by atoms with Gasteiger partial charge in [-0.05, 0) is 30.2 Å². The summed E-state index contributed by atoms with van der Waals surface area (Å²) in [4.78, 5) is 0. The zero-order valence-corrected chi connectivity index (χ0v) is 16.0. The summed E-state index contributed by atoms with van der Waals surface area (Å²) in [5, 5.41) is 2.52. The summed E-state index contributed by atoms with van der Waals surface area (Å²) in [6.45, 7) is 5.86. The van der Waals surface area contributed by atoms with Gasteiger partial charge in [0.15, 0.2) is 11.6 Å². The van der Waals surface area contributed by atoms with Crippen molar-refractivity contribution in [1.29, 1.82) is 0 Å². The molecular formula is C22H23F3N2O. The van der Waals surface area contributed by atoms with Gasteiger partial charge >= 0.3 is 0 Å². The maximum atomic E-state index is 14.2. The third-order valence-electron chi connectivity index (χ3n) is 3.84. The van der Waals surface area contributed by atoms with E-state index >= 15 is 0 Å². The molecule has 28 heavy (non-hydrogen) atoms. The number of rotatable bonds is 5. The Bertz CT molecular complexity index is 931. The van der Waals surface area contributed by atoms with Crippen molar-refractivity contribution in [2.45, 2.75) is 27.4 Å². The maximum absolute atomic E-state index is 14.2. The minimum absolute atomic E-state index is 0.0131. The Morgan fingerprint density at radius 1 is 0.929 bits per heavy atom. The zero-order valence-electron chi connectivity index (χ0n) is 16.0. The minimum Gasteiger partial charge on any atom is -0.487 e. The first-order valence-corrected chi connectivity index (χ1v) is 8.93. The van der Waals surface area contributed by atoms with Gasteiger partial charge in [-0.2, -0.15) is 0 Å². The summed E-state index contributed by atoms with van der Waals surface area (Å²) in [5.41, 5.74) is 6.96. The Hall–Kier alpha value is -3.15. The van der Waals surface area contributed by atoms with E-state index in [0.717, 1.165) is 11.6 Å². The molecule has 0 aliphatic rings. The molecule has 0 heterocycles. The zero-order chi connectivity index (χ0) is 20.7. The van der Waals surface area contributed by atoms with Crippen LogP contribution in [0, 0.1) is 24.4 Å². The number of ether oxygens (including phenoxy) is 1. The monoisotopic (exact) mass is 388 g/mol. The summed E-state index contributed by atoms with van der Waals surface area (Å²) in [5.74, 6) is -2.96. The van der Waals surface area contributed by atoms with Crippen LogP contribution in [0.25, 0.3) is 0 Å². The van der Waals surface area contributed by atoms with Crippen LogP contribution in [0.1, 0.15) is 25.0 Å². The van der Waals surface area contributed by atoms with Crippen LogP contribution in [0.2, 0.25) is 0 Å². The lowest BCUT2D eigenvalue weighted by Crippen LogP contribution is -2.06. The van der Waals surface area contributed by atoms with Crippen molar-refractivity contribution in [2.24, 2.45) is 0 Å². The topological polar surface area (TPSA) is 47.3 Å². The fourth-order valence-corrected chi connectivity index (χ4v) is 2.45. The lowest BCUT2D eigenvalue weighted by atomic mass is 10.2. The fourth-order valence-electron chi connectivity index (χ4n) is 2.45. The van der Waals surface area contributed by atoms with Crippen molar-refractivity contribution >= 4 is 17.1 Å². The van der Waals surface area contributed by atoms with Crippen LogP contribution in [0.3, 0.4) is 0 Å². The molecular weight excluding hydrogens is 365 g/mol. The third-order valence-corrected chi connectivity index (χ3v) is 3.84. The standard InChI is InChI=1S/C20H17F3N2O.C2H6/c1-12-7-8-16(14(21)9-12)25-20-18(23)15(22)10-17(19(20)24)26-11-13-5-3-2-4-6-13;1-2/h2-10,25H,11,24H2,1H3;1-2H3. The summed E-state index contributed by atoms with van der Waals surface area (Å²) in [7, 11) is 0. The first kappa shape index (κ1) is 21.2. The maximum Gasteiger partial charge on any atom is 0.184 e. The Kier molecular flexibility index (Phi) is 7.32. The molecule has 0 spiro atoms. The minimum atomic E-state index is -1.20. The van der Waals surface area contributed by atoms with E-state index in [1.54, 1.807) is 13.0 Å². The molecule has 148 valence electrons. The smallest absolute Gasteiger partial charge is 0.184 e. The lowest BCUT2D eigenvalue weighted by Gasteiger charge is -2.16. The fraction of sp³-hybridized carbons (Fsp3) is 0.182. The molecule has 0 saturated carbocycles. The predicted octanol–water partition coefficient (Wildman–Crippen LogP) is 6.34. The lowest BCUT2D eigenvalue weighted by molar-refractivity contribution is 0.305. The Balaban J connectivity index is 0.00000136. The van der Waals surface area contributed by atoms with Crippen molar-refractivity contribution in [3.63, 3.8) is 0 Å². The molecule has 3 aromatic rings. The second-order valence-corrected chi connectivity index (χ2v) is 5.84. The van der Waals surface area contributed by atoms with Crippen LogP contribution in [-0.2, 0) is 6.61 Å². The van der Waals surface area contributed by atoms with Crippen LogP contribution in [0.5, 0.6) is 5.75 Å². The number of anilines is 3. The number of hydrogen-bond donors (Lipinski definition) is 2. The number of aryl methyl sites for hydroxylation is 1. The summed E-state index contributed by atoms with van der Waals surface area (Å²) < 4.78 is 47.7. The van der Waals surface area contributed by atoms with Gasteiger partial charge in [-0.1, -0.05) is 50.2 Å². The second kappa shape index (κ2) is 9.69. The number of benzene rings is 3. The highest BCUT2D eigenvalue weighted by Crippen LogP contribution is 2.37. The van der Waals surface area contributed by atoms with Gasteiger partial charge < -0.3 is 15.8 Å². The Morgan fingerprint density at radius 2 is 1.61 bits per heavy atom. The van der Waals surface area contributed by atoms with Crippen molar-refractivity contribution in [3.8, 4) is 5.75 Å². The predicted molar refractivity (Wildman–Crippen MR) is 107 cm³/mol. The van der Waals surface area contributed by atoms with Gasteiger partial charge in [-0.15, -0.1) is 0 Å². The first-order chi connectivity index (χ1) is 13.5. The highest BCUT2D eigenvalue weighted by Gasteiger charge is 2.19. The van der Waals surface area contributed by atoms with Gasteiger partial charge in [0.1, 0.15) is 29.5 Å². The van der Waals surface area contributed by atoms with E-state index in [4.69, 9.17) is 10.5 Å². The first-order valence-electron chi connectivity index (χ1n) is 8.93. The molecule has 3 rings (SSSR count). The molecule has 0 unspecified atom stereocenters. The number of nitrogen functional groups attached to an aromatic ring is 1. The van der Waals surface area contributed by atoms with E-state index in [9.17, 15) is 13.2 Å². The molecule has 0 fully saturated rings. The van der Waals surface area contributed by atoms with Gasteiger partial charge in [0.05, 0.1) is 5.69 Å². The second-order valence-electron chi connectivity index (χ2n) is 5.84. The van der Waals surface area contributed by atoms with Gasteiger partial charge in [0.25, 0.3) is 0 Å². The van der Waals surface area contributed by atoms with Gasteiger partial charge in [-0.25, -0.2) is 13.2 Å². The number of nitrogens with one attached hydrogen (secondary N) is 1. The van der Waals surface area contributed by atoms with E-state index in [1.165, 1.54) is 12.1 Å². The summed E-state index contributed by atoms with van der Waals surface area (Å²) >= 11 is 0. The molecule has 0 saturated heterocycles. The quantitative estimate of drug-likeness (QED) is 0.501. The molecule has 0 aliphatic heterocycles. The number of hydrogen-bond acceptors (Lipinski definition) is 3. The molecule has 0 aromatic heterocycles. The van der Waals surface area contributed by atoms with E-state index in [1.807, 2.05) is 44.2 Å². The van der Waals surface area contributed by atoms with E-state index < -0.39 is 17.5 Å². The molecule has 0 atom stereocenters. The SMILES string of the molecule is CC.Cc1ccc(Nc2c(N)c(OCc3ccccc3)cc(F)c2F)c(F)c1. The highest BCUT2D eigenvalue weighted by atomic mass is 19.2. The molecule has 6 heteroatoms. The number of nitrogens with two attached hydrogens (primary N) is 1. The van der Waals surface area contributed by atoms with E-state index in [2.05, 4.69) is 5.32 Å². The van der Waals surface area contributed by atoms with Crippen LogP contribution < -0.4 is 15.8 Å². The van der Waals surface area contributed by atoms with Gasteiger partial charge in [0.2, 0.25) is 0 Å². The van der Waals surface area contributed by atoms with Crippen LogP contribution in [-0.4, -0.2) is 0 Å². The van der Waals surface area contributed by atoms with E-state index in [0.29, 0.717) is 5.56 Å². The summed E-state index contributed by atoms with van der Waals surface area (Å²) in [6, 6.07) is 14.4. The molecule has 0 bridgehead atoms. The van der Waals surface area contributed by atoms with Crippen molar-refractivity contribution in [3.05, 3.63) is 83.2 Å². The van der Waals surface area contributed by atoms with Crippen molar-refractivity contribution in [1.82, 2.24) is 0 Å². The third kappa shape index (κ3) is 4.97.